The molecule has 4 nitrogen and oxygen atoms in total. The molecule has 0 aliphatic carbocycles. The second-order valence-corrected chi connectivity index (χ2v) is 11.9. The first-order valence-corrected chi connectivity index (χ1v) is 17.2. The van der Waals surface area contributed by atoms with Crippen LogP contribution in [0.1, 0.15) is 0 Å². The van der Waals surface area contributed by atoms with Crippen molar-refractivity contribution in [3.63, 3.8) is 0 Å². The molecule has 5 heteroatoms. The smallest absolute Gasteiger partial charge is 0.657 e. The van der Waals surface area contributed by atoms with Crippen LogP contribution in [-0.2, 0) is 25.8 Å². The Morgan fingerprint density at radius 3 is 0.566 bits per heavy atom. The Morgan fingerprint density at radius 2 is 0.358 bits per heavy atom. The van der Waals surface area contributed by atoms with Crippen molar-refractivity contribution in [2.75, 3.05) is 0 Å². The Morgan fingerprint density at radius 1 is 0.189 bits per heavy atom. The average molecular weight is 847 g/mol. The summed E-state index contributed by atoms with van der Waals surface area (Å²) in [6.07, 6.45) is 0. The maximum atomic E-state index is 4.82. The maximum Gasteiger partial charge on any atom is 4.00 e. The number of hydrogen-bond acceptors (Lipinski definition) is 0. The Bertz CT molecular complexity index is 1970. The van der Waals surface area contributed by atoms with Gasteiger partial charge < -0.3 is 21.3 Å². The molecule has 8 rings (SSSR count). The van der Waals surface area contributed by atoms with Gasteiger partial charge in [-0.2, -0.15) is 0 Å². The van der Waals surface area contributed by atoms with Crippen LogP contribution in [0.15, 0.2) is 218 Å². The fourth-order valence-electron chi connectivity index (χ4n) is 5.76. The van der Waals surface area contributed by atoms with Crippen molar-refractivity contribution in [2.45, 2.75) is 0 Å². The first-order chi connectivity index (χ1) is 25.8. The summed E-state index contributed by atoms with van der Waals surface area (Å²) in [5, 5.41) is 19.3. The number of para-hydroxylation sites is 8. The van der Waals surface area contributed by atoms with E-state index in [1.807, 2.05) is 194 Å². The molecule has 0 heterocycles. The van der Waals surface area contributed by atoms with Gasteiger partial charge >= 0.3 is 25.8 Å². The van der Waals surface area contributed by atoms with Crippen molar-refractivity contribution in [3.8, 4) is 22.3 Å². The van der Waals surface area contributed by atoms with Gasteiger partial charge in [-0.05, 0) is 22.3 Å². The van der Waals surface area contributed by atoms with E-state index in [4.69, 9.17) is 21.3 Å². The van der Waals surface area contributed by atoms with Crippen LogP contribution in [0, 0.1) is 0 Å². The van der Waals surface area contributed by atoms with Crippen LogP contribution in [0.2, 0.25) is 0 Å². The molecule has 0 aromatic heterocycles. The summed E-state index contributed by atoms with van der Waals surface area (Å²) < 4.78 is 0. The van der Waals surface area contributed by atoms with E-state index in [-0.39, 0.29) is 25.8 Å². The molecule has 8 aromatic rings. The molecule has 8 aromatic carbocycles. The molecular formula is C48H36HfN4. The van der Waals surface area contributed by atoms with Gasteiger partial charge in [0.25, 0.3) is 0 Å². The fourth-order valence-corrected chi connectivity index (χ4v) is 5.76. The molecule has 0 aliphatic heterocycles. The van der Waals surface area contributed by atoms with Crippen LogP contribution in [0.4, 0.5) is 45.5 Å². The van der Waals surface area contributed by atoms with Crippen LogP contribution >= 0.6 is 0 Å². The number of rotatable bonds is 10. The van der Waals surface area contributed by atoms with Gasteiger partial charge in [0.15, 0.2) is 0 Å². The molecular weight excluding hydrogens is 811 g/mol. The van der Waals surface area contributed by atoms with Gasteiger partial charge in [-0.15, -0.1) is 45.5 Å². The van der Waals surface area contributed by atoms with E-state index in [2.05, 4.69) is 24.3 Å². The van der Waals surface area contributed by atoms with E-state index >= 15 is 0 Å². The van der Waals surface area contributed by atoms with E-state index < -0.39 is 0 Å². The van der Waals surface area contributed by atoms with Gasteiger partial charge in [0.2, 0.25) is 0 Å². The zero-order valence-corrected chi connectivity index (χ0v) is 32.7. The minimum atomic E-state index is 0. The van der Waals surface area contributed by atoms with Crippen LogP contribution < -0.4 is 0 Å². The predicted molar refractivity (Wildman–Crippen MR) is 220 cm³/mol. The largest absolute Gasteiger partial charge is 4.00 e. The molecule has 0 unspecified atom stereocenters. The molecule has 0 spiro atoms. The van der Waals surface area contributed by atoms with Gasteiger partial charge in [0.05, 0.1) is 0 Å². The van der Waals surface area contributed by atoms with Crippen molar-refractivity contribution >= 4 is 45.5 Å². The number of hydrogen-bond donors (Lipinski definition) is 0. The van der Waals surface area contributed by atoms with E-state index in [1.165, 1.54) is 0 Å². The van der Waals surface area contributed by atoms with Crippen molar-refractivity contribution in [1.82, 2.24) is 0 Å². The molecule has 53 heavy (non-hydrogen) atoms. The van der Waals surface area contributed by atoms with E-state index in [0.29, 0.717) is 0 Å². The molecule has 252 valence electrons. The third-order valence-corrected chi connectivity index (χ3v) is 8.22. The predicted octanol–water partition coefficient (Wildman–Crippen LogP) is 16.1. The molecule has 0 saturated carbocycles. The van der Waals surface area contributed by atoms with Crippen molar-refractivity contribution in [1.29, 1.82) is 0 Å². The first-order valence-electron chi connectivity index (χ1n) is 17.2. The summed E-state index contributed by atoms with van der Waals surface area (Å²) in [7, 11) is 0. The van der Waals surface area contributed by atoms with Gasteiger partial charge in [0.1, 0.15) is 0 Å². The second kappa shape index (κ2) is 18.9. The van der Waals surface area contributed by atoms with Crippen molar-refractivity contribution in [2.24, 2.45) is 0 Å². The quantitative estimate of drug-likeness (QED) is 0.123. The Balaban J connectivity index is 0.000000178. The molecule has 0 atom stereocenters. The van der Waals surface area contributed by atoms with E-state index in [0.717, 1.165) is 67.8 Å². The Kier molecular flexibility index (Phi) is 13.0. The summed E-state index contributed by atoms with van der Waals surface area (Å²) in [6, 6.07) is 72.9. The zero-order valence-electron chi connectivity index (χ0n) is 29.1. The molecule has 0 N–H and O–H groups in total. The van der Waals surface area contributed by atoms with Crippen LogP contribution in [0.25, 0.3) is 43.5 Å². The standard InChI is InChI=1S/2C24H18N2.Hf/c2*1-3-11-19(12-4-1)25-23-17-9-7-15-21(23)22-16-8-10-18-24(22)26-20-13-5-2-6-14-20;/h2*1-18H;/q2*-2;+4. The minimum Gasteiger partial charge on any atom is -0.657 e. The fraction of sp³-hybridized carbons (Fsp3) is 0. The van der Waals surface area contributed by atoms with Gasteiger partial charge in [-0.3, -0.25) is 0 Å². The summed E-state index contributed by atoms with van der Waals surface area (Å²) in [5.41, 5.74) is 11.8. The second-order valence-electron chi connectivity index (χ2n) is 11.9. The van der Waals surface area contributed by atoms with Crippen LogP contribution in [0.3, 0.4) is 0 Å². The SMILES string of the molecule is [Hf+4].c1ccc([N-]c2ccccc2-c2ccccc2[N-]c2ccccc2)cc1.c1ccc([N-]c2ccccc2-c2ccccc2[N-]c2ccccc2)cc1. The van der Waals surface area contributed by atoms with E-state index in [1.54, 1.807) is 0 Å². The van der Waals surface area contributed by atoms with Crippen molar-refractivity contribution in [3.05, 3.63) is 240 Å². The molecule has 0 bridgehead atoms. The molecule has 0 radical (unpaired) electrons. The first kappa shape index (κ1) is 36.6. The minimum absolute atomic E-state index is 0. The van der Waals surface area contributed by atoms with Gasteiger partial charge in [-0.1, -0.05) is 218 Å². The zero-order chi connectivity index (χ0) is 35.2. The summed E-state index contributed by atoms with van der Waals surface area (Å²) in [6.45, 7) is 0. The molecule has 0 amide bonds. The number of nitrogens with zero attached hydrogens (tertiary/aromatic N) is 4. The maximum absolute atomic E-state index is 4.82. The normalized spacial score (nSPS) is 10.1. The summed E-state index contributed by atoms with van der Waals surface area (Å²) >= 11 is 0. The Labute approximate surface area is 331 Å². The summed E-state index contributed by atoms with van der Waals surface area (Å²) in [4.78, 5) is 0. The third kappa shape index (κ3) is 10.0. The third-order valence-electron chi connectivity index (χ3n) is 8.22. The van der Waals surface area contributed by atoms with Crippen molar-refractivity contribution < 1.29 is 25.8 Å². The van der Waals surface area contributed by atoms with Crippen LogP contribution in [0.5, 0.6) is 0 Å². The number of benzene rings is 8. The van der Waals surface area contributed by atoms with E-state index in [9.17, 15) is 0 Å². The topological polar surface area (TPSA) is 56.4 Å². The molecule has 0 saturated heterocycles. The van der Waals surface area contributed by atoms with Crippen LogP contribution in [-0.4, -0.2) is 0 Å². The summed E-state index contributed by atoms with van der Waals surface area (Å²) in [5.74, 6) is 0. The van der Waals surface area contributed by atoms with Gasteiger partial charge in [-0.25, -0.2) is 0 Å². The molecule has 0 aliphatic rings. The molecule has 0 fully saturated rings. The monoisotopic (exact) mass is 848 g/mol. The Hall–Kier alpha value is -6.17. The van der Waals surface area contributed by atoms with Gasteiger partial charge in [0, 0.05) is 0 Å². The average Bonchev–Trinajstić information content (AvgIpc) is 3.21.